The van der Waals surface area contributed by atoms with Crippen LogP contribution in [0.5, 0.6) is 0 Å². The van der Waals surface area contributed by atoms with Crippen LogP contribution in [0.4, 0.5) is 37.7 Å². The lowest BCUT2D eigenvalue weighted by Gasteiger charge is -2.15. The van der Waals surface area contributed by atoms with E-state index in [1.165, 1.54) is 9.44 Å². The molecule has 0 atom stereocenters. The van der Waals surface area contributed by atoms with Gasteiger partial charge in [-0.1, -0.05) is 0 Å². The fourth-order valence-electron chi connectivity index (χ4n) is 2.42. The molecule has 0 bridgehead atoms. The van der Waals surface area contributed by atoms with Crippen LogP contribution in [0.2, 0.25) is 0 Å². The molecule has 0 aliphatic heterocycles. The number of nitrogens with one attached hydrogen (secondary N) is 2. The average Bonchev–Trinajstić information content (AvgIpc) is 2.73. The zero-order valence-electron chi connectivity index (χ0n) is 15.3. The zero-order valence-corrected chi connectivity index (χ0v) is 17.0. The van der Waals surface area contributed by atoms with E-state index in [-0.39, 0.29) is 0 Å². The smallest absolute Gasteiger partial charge is 0.262 e. The van der Waals surface area contributed by atoms with Crippen molar-refractivity contribution in [3.8, 4) is 0 Å². The highest BCUT2D eigenvalue weighted by molar-refractivity contribution is 7.93. The summed E-state index contributed by atoms with van der Waals surface area (Å²) in [4.78, 5) is -1.36. The summed E-state index contributed by atoms with van der Waals surface area (Å²) in [6.45, 7) is 0. The van der Waals surface area contributed by atoms with Gasteiger partial charge in [0.25, 0.3) is 20.0 Å². The summed E-state index contributed by atoms with van der Waals surface area (Å²) in [5.74, 6) is -10.7. The van der Waals surface area contributed by atoms with Crippen molar-refractivity contribution < 1.29 is 43.2 Å². The van der Waals surface area contributed by atoms with E-state index in [2.05, 4.69) is 0 Å². The van der Waals surface area contributed by atoms with E-state index in [1.807, 2.05) is 0 Å². The van der Waals surface area contributed by atoms with Crippen molar-refractivity contribution in [1.29, 1.82) is 0 Å². The molecular weight excluding hydrogens is 486 g/mol. The fraction of sp³-hybridized carbons (Fsp3) is 0. The molecule has 3 aromatic carbocycles. The van der Waals surface area contributed by atoms with Gasteiger partial charge in [-0.25, -0.2) is 43.2 Å². The Balaban J connectivity index is 2.03. The van der Waals surface area contributed by atoms with Crippen molar-refractivity contribution in [2.24, 2.45) is 0 Å². The number of halogens is 6. The maximum absolute atomic E-state index is 14.4. The Labute approximate surface area is 177 Å². The summed E-state index contributed by atoms with van der Waals surface area (Å²) in [5, 5.41) is 0. The Morgan fingerprint density at radius 1 is 0.469 bits per heavy atom. The predicted molar refractivity (Wildman–Crippen MR) is 101 cm³/mol. The van der Waals surface area contributed by atoms with Gasteiger partial charge in [0.2, 0.25) is 0 Å². The van der Waals surface area contributed by atoms with Crippen LogP contribution in [0.25, 0.3) is 0 Å². The second-order valence-electron chi connectivity index (χ2n) is 6.12. The highest BCUT2D eigenvalue weighted by Gasteiger charge is 2.31. The maximum atomic E-state index is 14.4. The van der Waals surface area contributed by atoms with Gasteiger partial charge in [-0.2, -0.15) is 0 Å². The van der Waals surface area contributed by atoms with Gasteiger partial charge in [-0.15, -0.1) is 0 Å². The van der Waals surface area contributed by atoms with E-state index in [4.69, 9.17) is 0 Å². The van der Waals surface area contributed by atoms with Gasteiger partial charge in [0.05, 0.1) is 9.79 Å². The number of benzene rings is 3. The van der Waals surface area contributed by atoms with Crippen molar-refractivity contribution >= 4 is 31.4 Å². The van der Waals surface area contributed by atoms with E-state index >= 15 is 0 Å². The molecule has 2 N–H and O–H groups in total. The van der Waals surface area contributed by atoms with Crippen LogP contribution in [-0.4, -0.2) is 16.8 Å². The van der Waals surface area contributed by atoms with Crippen LogP contribution < -0.4 is 9.44 Å². The first-order chi connectivity index (χ1) is 14.8. The molecule has 0 aliphatic carbocycles. The third kappa shape index (κ3) is 4.50. The van der Waals surface area contributed by atoms with Gasteiger partial charge in [0.15, 0.2) is 23.3 Å². The average molecular weight is 496 g/mol. The van der Waals surface area contributed by atoms with Crippen molar-refractivity contribution in [3.63, 3.8) is 0 Å². The summed E-state index contributed by atoms with van der Waals surface area (Å²) in [6.07, 6.45) is 0. The second kappa shape index (κ2) is 8.35. The Morgan fingerprint density at radius 2 is 0.719 bits per heavy atom. The highest BCUT2D eigenvalue weighted by Crippen LogP contribution is 2.34. The summed E-state index contributed by atoms with van der Waals surface area (Å²) >= 11 is 0. The van der Waals surface area contributed by atoms with Gasteiger partial charge in [0.1, 0.15) is 23.0 Å². The zero-order chi connectivity index (χ0) is 23.8. The quantitative estimate of drug-likeness (QED) is 0.397. The van der Waals surface area contributed by atoms with Gasteiger partial charge >= 0.3 is 0 Å². The molecule has 0 radical (unpaired) electrons. The number of anilines is 2. The molecule has 170 valence electrons. The molecule has 14 heteroatoms. The van der Waals surface area contributed by atoms with E-state index < -0.39 is 76.1 Å². The number of hydrogen-bond donors (Lipinski definition) is 2. The summed E-state index contributed by atoms with van der Waals surface area (Å²) in [7, 11) is -9.62. The molecular formula is C18H10F6N2O4S2. The molecule has 0 amide bonds. The van der Waals surface area contributed by atoms with Gasteiger partial charge in [-0.05, 0) is 48.5 Å². The van der Waals surface area contributed by atoms with Crippen molar-refractivity contribution in [3.05, 3.63) is 83.4 Å². The second-order valence-corrected chi connectivity index (χ2v) is 9.49. The topological polar surface area (TPSA) is 92.3 Å². The van der Waals surface area contributed by atoms with Crippen LogP contribution in [0.1, 0.15) is 0 Å². The number of hydrogen-bond acceptors (Lipinski definition) is 4. The molecule has 0 saturated carbocycles. The first kappa shape index (κ1) is 23.4. The Hall–Kier alpha value is -3.26. The molecule has 3 rings (SSSR count). The number of sulfonamides is 2. The SMILES string of the molecule is O=S(=O)(Nc1c(F)c(F)c(NS(=O)(=O)c2ccc(F)cc2)c(F)c1F)c1ccc(F)cc1. The van der Waals surface area contributed by atoms with Crippen molar-refractivity contribution in [2.45, 2.75) is 9.79 Å². The normalized spacial score (nSPS) is 11.9. The summed E-state index contributed by atoms with van der Waals surface area (Å²) < 4.78 is 135. The molecule has 32 heavy (non-hydrogen) atoms. The predicted octanol–water partition coefficient (Wildman–Crippen LogP) is 4.12. The van der Waals surface area contributed by atoms with E-state index in [9.17, 15) is 43.2 Å². The lowest BCUT2D eigenvalue weighted by Crippen LogP contribution is -2.20. The lowest BCUT2D eigenvalue weighted by molar-refractivity contribution is 0.465. The third-order valence-electron chi connectivity index (χ3n) is 3.98. The molecule has 0 spiro atoms. The van der Waals surface area contributed by atoms with Crippen molar-refractivity contribution in [2.75, 3.05) is 9.44 Å². The largest absolute Gasteiger partial charge is 0.274 e. The van der Waals surface area contributed by atoms with E-state index in [0.29, 0.717) is 0 Å². The van der Waals surface area contributed by atoms with Crippen LogP contribution in [-0.2, 0) is 20.0 Å². The van der Waals surface area contributed by atoms with Crippen LogP contribution in [0, 0.1) is 34.9 Å². The third-order valence-corrected chi connectivity index (χ3v) is 6.72. The fourth-order valence-corrected chi connectivity index (χ4v) is 4.55. The minimum atomic E-state index is -4.81. The Kier molecular flexibility index (Phi) is 6.11. The molecule has 0 saturated heterocycles. The summed E-state index contributed by atoms with van der Waals surface area (Å²) in [6, 6.07) is 5.78. The maximum Gasteiger partial charge on any atom is 0.262 e. The van der Waals surface area contributed by atoms with Gasteiger partial charge in [0, 0.05) is 0 Å². The molecule has 0 aliphatic rings. The van der Waals surface area contributed by atoms with Crippen molar-refractivity contribution in [1.82, 2.24) is 0 Å². The molecule has 6 nitrogen and oxygen atoms in total. The minimum absolute atomic E-state index is 0.681. The molecule has 0 unspecified atom stereocenters. The molecule has 0 aromatic heterocycles. The first-order valence-corrected chi connectivity index (χ1v) is 11.2. The Morgan fingerprint density at radius 3 is 0.969 bits per heavy atom. The van der Waals surface area contributed by atoms with E-state index in [1.54, 1.807) is 0 Å². The molecule has 3 aromatic rings. The lowest BCUT2D eigenvalue weighted by atomic mass is 10.2. The molecule has 0 fully saturated rings. The van der Waals surface area contributed by atoms with Gasteiger partial charge in [-0.3, -0.25) is 9.44 Å². The van der Waals surface area contributed by atoms with Crippen LogP contribution in [0.15, 0.2) is 58.3 Å². The van der Waals surface area contributed by atoms with Gasteiger partial charge < -0.3 is 0 Å². The Bertz CT molecular complexity index is 1260. The molecule has 0 heterocycles. The standard InChI is InChI=1S/C18H10F6N2O4S2/c19-9-1-5-11(6-2-9)31(27,28)25-17-13(21)15(23)18(16(24)14(17)22)26-32(29,30)12-7-3-10(20)4-8-12/h1-8,25-26H. The minimum Gasteiger partial charge on any atom is -0.274 e. The highest BCUT2D eigenvalue weighted by atomic mass is 32.2. The monoisotopic (exact) mass is 496 g/mol. The van der Waals surface area contributed by atoms with E-state index in [0.717, 1.165) is 48.5 Å². The summed E-state index contributed by atoms with van der Waals surface area (Å²) in [5.41, 5.74) is -3.54. The first-order valence-electron chi connectivity index (χ1n) is 8.26. The van der Waals surface area contributed by atoms with Crippen LogP contribution in [0.3, 0.4) is 0 Å². The number of rotatable bonds is 6. The van der Waals surface area contributed by atoms with Crippen LogP contribution >= 0.6 is 0 Å².